The average Bonchev–Trinajstić information content (AvgIpc) is 2.64. The summed E-state index contributed by atoms with van der Waals surface area (Å²) in [6.07, 6.45) is 0.756. The molecule has 2 rings (SSSR count). The van der Waals surface area contributed by atoms with Gasteiger partial charge in [0.25, 0.3) is 10.0 Å². The molecule has 2 aromatic carbocycles. The second-order valence-electron chi connectivity index (χ2n) is 6.43. The standard InChI is InChI=1S/C19H23Cl2N3O3S/c1-23(2)12-6-11-22-19(25)14-24(18-10-9-15(20)13-17(18)21)28(26,27)16-7-4-3-5-8-16/h3-5,7-10,13H,6,11-12,14H2,1-2H3,(H,22,25). The lowest BCUT2D eigenvalue weighted by atomic mass is 10.3. The van der Waals surface area contributed by atoms with Crippen LogP contribution in [0, 0.1) is 0 Å². The van der Waals surface area contributed by atoms with Crippen molar-refractivity contribution in [3.05, 3.63) is 58.6 Å². The molecule has 152 valence electrons. The first-order valence-electron chi connectivity index (χ1n) is 8.66. The molecule has 0 saturated heterocycles. The summed E-state index contributed by atoms with van der Waals surface area (Å²) in [5, 5.41) is 3.27. The lowest BCUT2D eigenvalue weighted by Crippen LogP contribution is -2.41. The molecule has 6 nitrogen and oxygen atoms in total. The third-order valence-corrected chi connectivity index (χ3v) is 6.21. The number of benzene rings is 2. The van der Waals surface area contributed by atoms with Crippen LogP contribution in [-0.2, 0) is 14.8 Å². The van der Waals surface area contributed by atoms with E-state index in [1.807, 2.05) is 19.0 Å². The average molecular weight is 444 g/mol. The van der Waals surface area contributed by atoms with Crippen molar-refractivity contribution in [3.8, 4) is 0 Å². The molecule has 0 fully saturated rings. The van der Waals surface area contributed by atoms with Crippen LogP contribution in [0.5, 0.6) is 0 Å². The summed E-state index contributed by atoms with van der Waals surface area (Å²) >= 11 is 12.2. The molecule has 1 amide bonds. The van der Waals surface area contributed by atoms with Crippen molar-refractivity contribution in [2.24, 2.45) is 0 Å². The monoisotopic (exact) mass is 443 g/mol. The van der Waals surface area contributed by atoms with Gasteiger partial charge in [0.05, 0.1) is 15.6 Å². The van der Waals surface area contributed by atoms with Crippen molar-refractivity contribution in [3.63, 3.8) is 0 Å². The second-order valence-corrected chi connectivity index (χ2v) is 9.13. The molecular weight excluding hydrogens is 421 g/mol. The number of amides is 1. The van der Waals surface area contributed by atoms with E-state index < -0.39 is 15.9 Å². The molecular formula is C19H23Cl2N3O3S. The largest absolute Gasteiger partial charge is 0.354 e. The number of sulfonamides is 1. The zero-order valence-electron chi connectivity index (χ0n) is 15.7. The summed E-state index contributed by atoms with van der Waals surface area (Å²) in [5.74, 6) is -0.413. The molecule has 0 aliphatic carbocycles. The van der Waals surface area contributed by atoms with Gasteiger partial charge in [-0.2, -0.15) is 0 Å². The summed E-state index contributed by atoms with van der Waals surface area (Å²) in [5.41, 5.74) is 0.193. The van der Waals surface area contributed by atoms with E-state index in [2.05, 4.69) is 5.32 Å². The van der Waals surface area contributed by atoms with Gasteiger partial charge in [-0.25, -0.2) is 8.42 Å². The Labute approximate surface area is 176 Å². The van der Waals surface area contributed by atoms with Crippen LogP contribution in [0.3, 0.4) is 0 Å². The molecule has 1 N–H and O–H groups in total. The quantitative estimate of drug-likeness (QED) is 0.603. The Bertz CT molecular complexity index is 906. The van der Waals surface area contributed by atoms with E-state index in [4.69, 9.17) is 23.2 Å². The molecule has 0 bridgehead atoms. The Morgan fingerprint density at radius 1 is 1.07 bits per heavy atom. The van der Waals surface area contributed by atoms with E-state index >= 15 is 0 Å². The van der Waals surface area contributed by atoms with Crippen molar-refractivity contribution < 1.29 is 13.2 Å². The van der Waals surface area contributed by atoms with Crippen molar-refractivity contribution in [2.45, 2.75) is 11.3 Å². The first-order chi connectivity index (χ1) is 13.2. The SMILES string of the molecule is CN(C)CCCNC(=O)CN(c1ccc(Cl)cc1Cl)S(=O)(=O)c1ccccc1. The van der Waals surface area contributed by atoms with Gasteiger partial charge >= 0.3 is 0 Å². The summed E-state index contributed by atoms with van der Waals surface area (Å²) < 4.78 is 27.3. The third-order valence-electron chi connectivity index (χ3n) is 3.90. The minimum atomic E-state index is -3.99. The molecule has 0 aliphatic rings. The summed E-state index contributed by atoms with van der Waals surface area (Å²) in [4.78, 5) is 14.5. The minimum Gasteiger partial charge on any atom is -0.354 e. The lowest BCUT2D eigenvalue weighted by molar-refractivity contribution is -0.119. The Balaban J connectivity index is 2.28. The number of carbonyl (C=O) groups excluding carboxylic acids is 1. The highest BCUT2D eigenvalue weighted by Gasteiger charge is 2.28. The molecule has 0 saturated carbocycles. The Kier molecular flexibility index (Phi) is 8.12. The zero-order valence-corrected chi connectivity index (χ0v) is 18.1. The van der Waals surface area contributed by atoms with Crippen LogP contribution < -0.4 is 9.62 Å². The van der Waals surface area contributed by atoms with Crippen LogP contribution in [0.15, 0.2) is 53.4 Å². The molecule has 0 spiro atoms. The van der Waals surface area contributed by atoms with Crippen molar-refractivity contribution in [1.82, 2.24) is 10.2 Å². The molecule has 0 unspecified atom stereocenters. The smallest absolute Gasteiger partial charge is 0.264 e. The Morgan fingerprint density at radius 3 is 2.36 bits per heavy atom. The van der Waals surface area contributed by atoms with Gasteiger partial charge in [-0.1, -0.05) is 41.4 Å². The predicted octanol–water partition coefficient (Wildman–Crippen LogP) is 3.26. The fraction of sp³-hybridized carbons (Fsp3) is 0.316. The molecule has 0 heterocycles. The van der Waals surface area contributed by atoms with Crippen LogP contribution in [0.2, 0.25) is 10.0 Å². The van der Waals surface area contributed by atoms with E-state index in [-0.39, 0.29) is 22.2 Å². The number of nitrogens with zero attached hydrogens (tertiary/aromatic N) is 2. The summed E-state index contributed by atoms with van der Waals surface area (Å²) in [7, 11) is -0.106. The number of carbonyl (C=O) groups is 1. The molecule has 0 aliphatic heterocycles. The van der Waals surface area contributed by atoms with Gasteiger partial charge in [-0.15, -0.1) is 0 Å². The predicted molar refractivity (Wildman–Crippen MR) is 114 cm³/mol. The number of hydrogen-bond acceptors (Lipinski definition) is 4. The van der Waals surface area contributed by atoms with E-state index in [0.717, 1.165) is 17.3 Å². The van der Waals surface area contributed by atoms with Crippen molar-refractivity contribution >= 4 is 44.8 Å². The molecule has 9 heteroatoms. The van der Waals surface area contributed by atoms with Gasteiger partial charge in [0, 0.05) is 11.6 Å². The van der Waals surface area contributed by atoms with E-state index in [9.17, 15) is 13.2 Å². The maximum absolute atomic E-state index is 13.2. The molecule has 0 aromatic heterocycles. The minimum absolute atomic E-state index is 0.0708. The first kappa shape index (κ1) is 22.5. The van der Waals surface area contributed by atoms with Crippen LogP contribution in [0.1, 0.15) is 6.42 Å². The van der Waals surface area contributed by atoms with Crippen LogP contribution in [-0.4, -0.2) is 53.0 Å². The van der Waals surface area contributed by atoms with Gasteiger partial charge in [0.2, 0.25) is 5.91 Å². The molecule has 0 radical (unpaired) electrons. The van der Waals surface area contributed by atoms with Gasteiger partial charge in [0.1, 0.15) is 6.54 Å². The summed E-state index contributed by atoms with van der Waals surface area (Å²) in [6, 6.07) is 12.4. The number of rotatable bonds is 9. The Hall–Kier alpha value is -1.80. The second kappa shape index (κ2) is 10.1. The topological polar surface area (TPSA) is 69.7 Å². The Morgan fingerprint density at radius 2 is 1.75 bits per heavy atom. The van der Waals surface area contributed by atoms with E-state index in [1.54, 1.807) is 18.2 Å². The van der Waals surface area contributed by atoms with Gasteiger partial charge in [-0.05, 0) is 57.4 Å². The highest BCUT2D eigenvalue weighted by atomic mass is 35.5. The first-order valence-corrected chi connectivity index (χ1v) is 10.9. The maximum Gasteiger partial charge on any atom is 0.264 e. The zero-order chi connectivity index (χ0) is 20.7. The third kappa shape index (κ3) is 6.10. The normalized spacial score (nSPS) is 11.5. The highest BCUT2D eigenvalue weighted by Crippen LogP contribution is 2.32. The fourth-order valence-electron chi connectivity index (χ4n) is 2.51. The van der Waals surface area contributed by atoms with Crippen LogP contribution in [0.25, 0.3) is 0 Å². The van der Waals surface area contributed by atoms with Gasteiger partial charge in [0.15, 0.2) is 0 Å². The van der Waals surface area contributed by atoms with E-state index in [1.165, 1.54) is 30.3 Å². The number of anilines is 1. The number of halogens is 2. The molecule has 28 heavy (non-hydrogen) atoms. The molecule has 0 atom stereocenters. The number of hydrogen-bond donors (Lipinski definition) is 1. The van der Waals surface area contributed by atoms with E-state index in [0.29, 0.717) is 11.6 Å². The van der Waals surface area contributed by atoms with Crippen molar-refractivity contribution in [2.75, 3.05) is 38.0 Å². The van der Waals surface area contributed by atoms with Crippen LogP contribution in [0.4, 0.5) is 5.69 Å². The number of nitrogens with one attached hydrogen (secondary N) is 1. The lowest BCUT2D eigenvalue weighted by Gasteiger charge is -2.25. The summed E-state index contributed by atoms with van der Waals surface area (Å²) in [6.45, 7) is 0.875. The fourth-order valence-corrected chi connectivity index (χ4v) is 4.53. The van der Waals surface area contributed by atoms with Gasteiger partial charge < -0.3 is 10.2 Å². The maximum atomic E-state index is 13.2. The van der Waals surface area contributed by atoms with Crippen LogP contribution >= 0.6 is 23.2 Å². The van der Waals surface area contributed by atoms with Crippen molar-refractivity contribution in [1.29, 1.82) is 0 Å². The highest BCUT2D eigenvalue weighted by molar-refractivity contribution is 7.92. The molecule has 2 aromatic rings. The van der Waals surface area contributed by atoms with Gasteiger partial charge in [-0.3, -0.25) is 9.10 Å².